The second kappa shape index (κ2) is 6.33. The van der Waals surface area contributed by atoms with Crippen molar-refractivity contribution in [2.45, 2.75) is 12.5 Å². The average molecular weight is 324 g/mol. The zero-order valence-corrected chi connectivity index (χ0v) is 11.4. The SMILES string of the molecule is Cl.O=C(NC1CCNC1)c1ccc(Br)c(F)c1. The fourth-order valence-corrected chi connectivity index (χ4v) is 1.93. The van der Waals surface area contributed by atoms with E-state index in [-0.39, 0.29) is 24.4 Å². The lowest BCUT2D eigenvalue weighted by Crippen LogP contribution is -2.36. The Morgan fingerprint density at radius 3 is 2.88 bits per heavy atom. The lowest BCUT2D eigenvalue weighted by molar-refractivity contribution is 0.0939. The van der Waals surface area contributed by atoms with Gasteiger partial charge in [-0.1, -0.05) is 0 Å². The first-order valence-electron chi connectivity index (χ1n) is 5.13. The molecule has 1 unspecified atom stereocenters. The minimum absolute atomic E-state index is 0. The van der Waals surface area contributed by atoms with Crippen molar-refractivity contribution in [3.8, 4) is 0 Å². The molecule has 0 aromatic heterocycles. The zero-order chi connectivity index (χ0) is 11.5. The van der Waals surface area contributed by atoms with Crippen molar-refractivity contribution in [1.29, 1.82) is 0 Å². The Kier molecular flexibility index (Phi) is 5.36. The third-order valence-corrected chi connectivity index (χ3v) is 3.22. The Morgan fingerprint density at radius 1 is 1.53 bits per heavy atom. The summed E-state index contributed by atoms with van der Waals surface area (Å²) in [7, 11) is 0. The lowest BCUT2D eigenvalue weighted by atomic mass is 10.2. The second-order valence-electron chi connectivity index (χ2n) is 3.79. The molecule has 1 saturated heterocycles. The van der Waals surface area contributed by atoms with Crippen molar-refractivity contribution in [3.05, 3.63) is 34.1 Å². The molecule has 2 rings (SSSR count). The molecule has 1 fully saturated rings. The monoisotopic (exact) mass is 322 g/mol. The summed E-state index contributed by atoms with van der Waals surface area (Å²) in [6.07, 6.45) is 0.921. The quantitative estimate of drug-likeness (QED) is 0.875. The Hall–Kier alpha value is -0.650. The maximum absolute atomic E-state index is 13.2. The third-order valence-electron chi connectivity index (χ3n) is 2.58. The van der Waals surface area contributed by atoms with Gasteiger partial charge in [-0.25, -0.2) is 4.39 Å². The normalized spacial score (nSPS) is 18.6. The molecule has 3 nitrogen and oxygen atoms in total. The molecule has 1 amide bonds. The Bertz CT molecular complexity index is 410. The first-order chi connectivity index (χ1) is 7.66. The van der Waals surface area contributed by atoms with Crippen LogP contribution in [0.5, 0.6) is 0 Å². The minimum Gasteiger partial charge on any atom is -0.348 e. The number of amides is 1. The largest absolute Gasteiger partial charge is 0.348 e. The van der Waals surface area contributed by atoms with Crippen LogP contribution in [-0.4, -0.2) is 25.0 Å². The van der Waals surface area contributed by atoms with E-state index in [9.17, 15) is 9.18 Å². The van der Waals surface area contributed by atoms with Crippen LogP contribution in [0.4, 0.5) is 4.39 Å². The predicted molar refractivity (Wildman–Crippen MR) is 70.1 cm³/mol. The van der Waals surface area contributed by atoms with Crippen LogP contribution in [-0.2, 0) is 0 Å². The molecule has 6 heteroatoms. The van der Waals surface area contributed by atoms with Gasteiger partial charge < -0.3 is 10.6 Å². The second-order valence-corrected chi connectivity index (χ2v) is 4.65. The van der Waals surface area contributed by atoms with Gasteiger partial charge in [0.25, 0.3) is 5.91 Å². The molecule has 1 aromatic carbocycles. The van der Waals surface area contributed by atoms with Gasteiger partial charge in [0.1, 0.15) is 5.82 Å². The first-order valence-corrected chi connectivity index (χ1v) is 5.93. The zero-order valence-electron chi connectivity index (χ0n) is 9.00. The highest BCUT2D eigenvalue weighted by Crippen LogP contribution is 2.16. The Balaban J connectivity index is 0.00000144. The molecule has 0 radical (unpaired) electrons. The van der Waals surface area contributed by atoms with E-state index in [4.69, 9.17) is 0 Å². The van der Waals surface area contributed by atoms with Gasteiger partial charge >= 0.3 is 0 Å². The summed E-state index contributed by atoms with van der Waals surface area (Å²) in [5.41, 5.74) is 0.354. The van der Waals surface area contributed by atoms with E-state index in [0.29, 0.717) is 10.0 Å². The summed E-state index contributed by atoms with van der Waals surface area (Å²) in [5.74, 6) is -0.641. The summed E-state index contributed by atoms with van der Waals surface area (Å²) >= 11 is 3.05. The van der Waals surface area contributed by atoms with Crippen LogP contribution in [0.2, 0.25) is 0 Å². The number of carbonyl (C=O) groups excluding carboxylic acids is 1. The van der Waals surface area contributed by atoms with Gasteiger partial charge in [0.15, 0.2) is 0 Å². The summed E-state index contributed by atoms with van der Waals surface area (Å²) < 4.78 is 13.6. The minimum atomic E-state index is -0.419. The molecule has 2 N–H and O–H groups in total. The molecule has 0 aliphatic carbocycles. The van der Waals surface area contributed by atoms with Gasteiger partial charge in [-0.05, 0) is 47.1 Å². The van der Waals surface area contributed by atoms with Crippen molar-refractivity contribution in [1.82, 2.24) is 10.6 Å². The molecule has 1 atom stereocenters. The lowest BCUT2D eigenvalue weighted by Gasteiger charge is -2.11. The van der Waals surface area contributed by atoms with Gasteiger partial charge in [-0.15, -0.1) is 12.4 Å². The van der Waals surface area contributed by atoms with Crippen molar-refractivity contribution < 1.29 is 9.18 Å². The van der Waals surface area contributed by atoms with E-state index in [0.717, 1.165) is 19.5 Å². The molecule has 0 spiro atoms. The summed E-state index contributed by atoms with van der Waals surface area (Å²) in [6.45, 7) is 1.70. The molecule has 0 bridgehead atoms. The molecular weight excluding hydrogens is 310 g/mol. The standard InChI is InChI=1S/C11H12BrFN2O.ClH/c12-9-2-1-7(5-10(9)13)11(16)15-8-3-4-14-6-8;/h1-2,5,8,14H,3-4,6H2,(H,15,16);1H. The highest BCUT2D eigenvalue weighted by atomic mass is 79.9. The van der Waals surface area contributed by atoms with E-state index in [1.807, 2.05) is 0 Å². The van der Waals surface area contributed by atoms with E-state index in [1.54, 1.807) is 6.07 Å². The van der Waals surface area contributed by atoms with Crippen LogP contribution < -0.4 is 10.6 Å². The number of halogens is 3. The molecule has 17 heavy (non-hydrogen) atoms. The predicted octanol–water partition coefficient (Wildman–Crippen LogP) is 2.10. The smallest absolute Gasteiger partial charge is 0.251 e. The van der Waals surface area contributed by atoms with Crippen LogP contribution >= 0.6 is 28.3 Å². The maximum Gasteiger partial charge on any atom is 0.251 e. The fourth-order valence-electron chi connectivity index (χ4n) is 1.68. The molecule has 0 saturated carbocycles. The van der Waals surface area contributed by atoms with Crippen LogP contribution in [0.3, 0.4) is 0 Å². The number of nitrogens with one attached hydrogen (secondary N) is 2. The van der Waals surface area contributed by atoms with Crippen molar-refractivity contribution >= 4 is 34.2 Å². The van der Waals surface area contributed by atoms with Crippen molar-refractivity contribution in [2.24, 2.45) is 0 Å². The van der Waals surface area contributed by atoms with Crippen LogP contribution in [0.15, 0.2) is 22.7 Å². The third kappa shape index (κ3) is 3.66. The van der Waals surface area contributed by atoms with E-state index < -0.39 is 5.82 Å². The number of hydrogen-bond donors (Lipinski definition) is 2. The molecular formula is C11H13BrClFN2O. The summed E-state index contributed by atoms with van der Waals surface area (Å²) in [6, 6.07) is 4.53. The van der Waals surface area contributed by atoms with Crippen molar-refractivity contribution in [2.75, 3.05) is 13.1 Å². The topological polar surface area (TPSA) is 41.1 Å². The molecule has 1 aliphatic heterocycles. The fraction of sp³-hybridized carbons (Fsp3) is 0.364. The first kappa shape index (κ1) is 14.4. The van der Waals surface area contributed by atoms with Gasteiger partial charge in [0.05, 0.1) is 4.47 Å². The van der Waals surface area contributed by atoms with Gasteiger partial charge in [-0.2, -0.15) is 0 Å². The molecule has 1 aromatic rings. The summed E-state index contributed by atoms with van der Waals surface area (Å²) in [4.78, 5) is 11.7. The number of carbonyl (C=O) groups is 1. The van der Waals surface area contributed by atoms with Gasteiger partial charge in [-0.3, -0.25) is 4.79 Å². The van der Waals surface area contributed by atoms with E-state index in [1.165, 1.54) is 12.1 Å². The molecule has 94 valence electrons. The summed E-state index contributed by atoms with van der Waals surface area (Å²) in [5, 5.41) is 6.01. The van der Waals surface area contributed by atoms with E-state index >= 15 is 0 Å². The number of rotatable bonds is 2. The molecule has 1 heterocycles. The van der Waals surface area contributed by atoms with Crippen LogP contribution in [0, 0.1) is 5.82 Å². The van der Waals surface area contributed by atoms with Crippen LogP contribution in [0.1, 0.15) is 16.8 Å². The van der Waals surface area contributed by atoms with Gasteiger partial charge in [0.2, 0.25) is 0 Å². The average Bonchev–Trinajstić information content (AvgIpc) is 2.74. The number of benzene rings is 1. The van der Waals surface area contributed by atoms with Crippen LogP contribution in [0.25, 0.3) is 0 Å². The Morgan fingerprint density at radius 2 is 2.29 bits per heavy atom. The highest BCUT2D eigenvalue weighted by molar-refractivity contribution is 9.10. The van der Waals surface area contributed by atoms with Crippen molar-refractivity contribution in [3.63, 3.8) is 0 Å². The Labute approximate surface area is 114 Å². The van der Waals surface area contributed by atoms with E-state index in [2.05, 4.69) is 26.6 Å². The number of hydrogen-bond acceptors (Lipinski definition) is 2. The molecule has 1 aliphatic rings. The highest BCUT2D eigenvalue weighted by Gasteiger charge is 2.17. The maximum atomic E-state index is 13.2. The van der Waals surface area contributed by atoms with Gasteiger partial charge in [0, 0.05) is 18.2 Å².